The van der Waals surface area contributed by atoms with Crippen molar-refractivity contribution in [2.45, 2.75) is 33.2 Å². The Morgan fingerprint density at radius 2 is 2.21 bits per heavy atom. The zero-order chi connectivity index (χ0) is 14.5. The molecule has 5 nitrogen and oxygen atoms in total. The number of amides is 1. The maximum absolute atomic E-state index is 12.3. The van der Waals surface area contributed by atoms with Gasteiger partial charge in [0.2, 0.25) is 5.88 Å². The molecule has 0 bridgehead atoms. The molecule has 3 N–H and O–H groups in total. The van der Waals surface area contributed by atoms with Crippen LogP contribution < -0.4 is 15.8 Å². The first kappa shape index (κ1) is 15.4. The van der Waals surface area contributed by atoms with Crippen molar-refractivity contribution in [3.63, 3.8) is 0 Å². The second-order valence-corrected chi connectivity index (χ2v) is 5.53. The number of methoxy groups -OCH3 is 1. The van der Waals surface area contributed by atoms with Gasteiger partial charge in [-0.25, -0.2) is 4.98 Å². The lowest BCUT2D eigenvalue weighted by atomic mass is 9.84. The first-order chi connectivity index (χ1) is 8.90. The molecule has 1 amide bonds. The van der Waals surface area contributed by atoms with E-state index < -0.39 is 0 Å². The summed E-state index contributed by atoms with van der Waals surface area (Å²) in [5.74, 6) is 0.152. The number of nitrogens with one attached hydrogen (secondary N) is 1. The Hall–Kier alpha value is -1.62. The summed E-state index contributed by atoms with van der Waals surface area (Å²) in [7, 11) is 1.50. The molecule has 1 aromatic rings. The van der Waals surface area contributed by atoms with Crippen molar-refractivity contribution in [1.29, 1.82) is 0 Å². The molecule has 0 aromatic carbocycles. The van der Waals surface area contributed by atoms with Crippen LogP contribution in [0.15, 0.2) is 18.3 Å². The summed E-state index contributed by atoms with van der Waals surface area (Å²) in [4.78, 5) is 16.3. The highest BCUT2D eigenvalue weighted by molar-refractivity contribution is 5.96. The maximum Gasteiger partial charge on any atom is 0.257 e. The average molecular weight is 265 g/mol. The summed E-state index contributed by atoms with van der Waals surface area (Å²) in [5, 5.41) is 3.01. The summed E-state index contributed by atoms with van der Waals surface area (Å²) in [6.07, 6.45) is 2.33. The molecule has 1 rings (SSSR count). The third-order valence-electron chi connectivity index (χ3n) is 3.02. The first-order valence-electron chi connectivity index (χ1n) is 6.40. The van der Waals surface area contributed by atoms with Gasteiger partial charge >= 0.3 is 0 Å². The zero-order valence-corrected chi connectivity index (χ0v) is 12.1. The Labute approximate surface area is 114 Å². The number of carbonyl (C=O) groups excluding carboxylic acids is 1. The summed E-state index contributed by atoms with van der Waals surface area (Å²) < 4.78 is 5.10. The van der Waals surface area contributed by atoms with Gasteiger partial charge in [0.1, 0.15) is 5.56 Å². The smallest absolute Gasteiger partial charge is 0.257 e. The molecule has 19 heavy (non-hydrogen) atoms. The van der Waals surface area contributed by atoms with E-state index in [1.165, 1.54) is 7.11 Å². The number of nitrogens with two attached hydrogens (primary N) is 1. The molecule has 0 fully saturated rings. The number of nitrogens with zero attached hydrogens (tertiary/aromatic N) is 1. The standard InChI is InChI=1S/C14H23N3O2/c1-14(2,3)11(7-8-15)17-12(18)10-6-5-9-16-13(10)19-4/h5-6,9,11H,7-8,15H2,1-4H3,(H,17,18). The van der Waals surface area contributed by atoms with Crippen molar-refractivity contribution in [3.05, 3.63) is 23.9 Å². The van der Waals surface area contributed by atoms with Crippen LogP contribution in [0.25, 0.3) is 0 Å². The van der Waals surface area contributed by atoms with E-state index >= 15 is 0 Å². The van der Waals surface area contributed by atoms with E-state index in [4.69, 9.17) is 10.5 Å². The number of ether oxygens (including phenoxy) is 1. The van der Waals surface area contributed by atoms with Crippen LogP contribution in [0.2, 0.25) is 0 Å². The van der Waals surface area contributed by atoms with Crippen LogP contribution in [0.4, 0.5) is 0 Å². The fourth-order valence-electron chi connectivity index (χ4n) is 1.85. The highest BCUT2D eigenvalue weighted by atomic mass is 16.5. The lowest BCUT2D eigenvalue weighted by Gasteiger charge is -2.31. The molecule has 1 heterocycles. The van der Waals surface area contributed by atoms with Gasteiger partial charge in [0, 0.05) is 12.2 Å². The molecule has 1 aromatic heterocycles. The first-order valence-corrected chi connectivity index (χ1v) is 6.40. The van der Waals surface area contributed by atoms with Gasteiger partial charge in [-0.3, -0.25) is 4.79 Å². The molecule has 0 aliphatic rings. The predicted molar refractivity (Wildman–Crippen MR) is 75.2 cm³/mol. The number of carbonyl (C=O) groups is 1. The number of hydrogen-bond donors (Lipinski definition) is 2. The van der Waals surface area contributed by atoms with E-state index in [9.17, 15) is 4.79 Å². The van der Waals surface area contributed by atoms with Gasteiger partial charge in [-0.1, -0.05) is 20.8 Å². The molecule has 0 aliphatic carbocycles. The van der Waals surface area contributed by atoms with E-state index in [1.807, 2.05) is 0 Å². The summed E-state index contributed by atoms with van der Waals surface area (Å²) in [5.41, 5.74) is 6.00. The minimum Gasteiger partial charge on any atom is -0.480 e. The molecule has 0 spiro atoms. The third kappa shape index (κ3) is 4.21. The molecule has 1 atom stereocenters. The van der Waals surface area contributed by atoms with E-state index in [2.05, 4.69) is 31.1 Å². The predicted octanol–water partition coefficient (Wildman–Crippen LogP) is 1.58. The van der Waals surface area contributed by atoms with Gasteiger partial charge in [0.05, 0.1) is 7.11 Å². The Morgan fingerprint density at radius 3 is 2.74 bits per heavy atom. The minimum atomic E-state index is -0.182. The molecule has 0 saturated heterocycles. The van der Waals surface area contributed by atoms with Crippen LogP contribution in [-0.2, 0) is 0 Å². The molecule has 106 valence electrons. The molecular weight excluding hydrogens is 242 g/mol. The lowest BCUT2D eigenvalue weighted by Crippen LogP contribution is -2.45. The second-order valence-electron chi connectivity index (χ2n) is 5.53. The van der Waals surface area contributed by atoms with Crippen molar-refractivity contribution in [3.8, 4) is 5.88 Å². The number of aromatic nitrogens is 1. The van der Waals surface area contributed by atoms with Gasteiger partial charge in [0.25, 0.3) is 5.91 Å². The Morgan fingerprint density at radius 1 is 1.53 bits per heavy atom. The molecule has 0 radical (unpaired) electrons. The minimum absolute atomic E-state index is 0.00918. The van der Waals surface area contributed by atoms with E-state index in [0.717, 1.165) is 6.42 Å². The Kier molecular flexibility index (Phi) is 5.30. The fourth-order valence-corrected chi connectivity index (χ4v) is 1.85. The zero-order valence-electron chi connectivity index (χ0n) is 12.1. The number of rotatable bonds is 5. The quantitative estimate of drug-likeness (QED) is 0.847. The van der Waals surface area contributed by atoms with Gasteiger partial charge < -0.3 is 15.8 Å². The van der Waals surface area contributed by atoms with Crippen LogP contribution >= 0.6 is 0 Å². The normalized spacial score (nSPS) is 12.9. The average Bonchev–Trinajstić information content (AvgIpc) is 2.37. The molecular formula is C14H23N3O2. The van der Waals surface area contributed by atoms with E-state index in [1.54, 1.807) is 18.3 Å². The van der Waals surface area contributed by atoms with Gasteiger partial charge in [-0.05, 0) is 30.5 Å². The topological polar surface area (TPSA) is 77.2 Å². The van der Waals surface area contributed by atoms with Crippen LogP contribution in [0.1, 0.15) is 37.6 Å². The lowest BCUT2D eigenvalue weighted by molar-refractivity contribution is 0.0895. The van der Waals surface area contributed by atoms with Gasteiger partial charge in [-0.2, -0.15) is 0 Å². The van der Waals surface area contributed by atoms with E-state index in [0.29, 0.717) is 18.0 Å². The summed E-state index contributed by atoms with van der Waals surface area (Å²) in [6.45, 7) is 6.77. The van der Waals surface area contributed by atoms with Crippen molar-refractivity contribution in [1.82, 2.24) is 10.3 Å². The summed E-state index contributed by atoms with van der Waals surface area (Å²) in [6, 6.07) is 3.42. The Balaban J connectivity index is 2.88. The monoisotopic (exact) mass is 265 g/mol. The fraction of sp³-hybridized carbons (Fsp3) is 0.571. The summed E-state index contributed by atoms with van der Waals surface area (Å²) >= 11 is 0. The van der Waals surface area contributed by atoms with Crippen LogP contribution in [-0.4, -0.2) is 30.6 Å². The van der Waals surface area contributed by atoms with Crippen molar-refractivity contribution in [2.24, 2.45) is 11.1 Å². The molecule has 0 aliphatic heterocycles. The van der Waals surface area contributed by atoms with Gasteiger partial charge in [-0.15, -0.1) is 0 Å². The molecule has 0 saturated carbocycles. The van der Waals surface area contributed by atoms with Crippen molar-refractivity contribution >= 4 is 5.91 Å². The molecule has 1 unspecified atom stereocenters. The number of pyridine rings is 1. The second kappa shape index (κ2) is 6.52. The van der Waals surface area contributed by atoms with Crippen molar-refractivity contribution < 1.29 is 9.53 Å². The Bertz CT molecular complexity index is 427. The maximum atomic E-state index is 12.3. The number of hydrogen-bond acceptors (Lipinski definition) is 4. The third-order valence-corrected chi connectivity index (χ3v) is 3.02. The van der Waals surface area contributed by atoms with Crippen LogP contribution in [0.5, 0.6) is 5.88 Å². The molecule has 5 heteroatoms. The highest BCUT2D eigenvalue weighted by Crippen LogP contribution is 2.22. The SMILES string of the molecule is COc1ncccc1C(=O)NC(CCN)C(C)(C)C. The highest BCUT2D eigenvalue weighted by Gasteiger charge is 2.26. The van der Waals surface area contributed by atoms with E-state index in [-0.39, 0.29) is 17.4 Å². The van der Waals surface area contributed by atoms with Crippen molar-refractivity contribution in [2.75, 3.05) is 13.7 Å². The van der Waals surface area contributed by atoms with Gasteiger partial charge in [0.15, 0.2) is 0 Å². The van der Waals surface area contributed by atoms with Crippen LogP contribution in [0, 0.1) is 5.41 Å². The van der Waals surface area contributed by atoms with Crippen LogP contribution in [0.3, 0.4) is 0 Å². The largest absolute Gasteiger partial charge is 0.480 e.